The number of carbonyl (C=O) groups is 2. The summed E-state index contributed by atoms with van der Waals surface area (Å²) in [4.78, 5) is 33.4. The SMILES string of the molecule is CN(Cc1cccnc1)Cc1cnc(-c2cc3cccc(N(C)S(=O)(=O)c4cccs4)c3[nH]2)s1.O=C(O)C(F)(F)F.O=C(O)C(F)(F)F. The number of halogens is 6. The first-order chi connectivity index (χ1) is 22.3. The summed E-state index contributed by atoms with van der Waals surface area (Å²) >= 11 is 2.84. The average molecular weight is 738 g/mol. The lowest BCUT2D eigenvalue weighted by molar-refractivity contribution is -0.193. The molecule has 0 saturated heterocycles. The van der Waals surface area contributed by atoms with Gasteiger partial charge in [-0.25, -0.2) is 23.0 Å². The third kappa shape index (κ3) is 10.2. The summed E-state index contributed by atoms with van der Waals surface area (Å²) < 4.78 is 91.2. The van der Waals surface area contributed by atoms with Crippen molar-refractivity contribution in [2.75, 3.05) is 18.4 Å². The van der Waals surface area contributed by atoms with Gasteiger partial charge in [-0.3, -0.25) is 14.2 Å². The number of carboxylic acid groups (broad SMARTS) is 2. The van der Waals surface area contributed by atoms with Gasteiger partial charge in [0.15, 0.2) is 0 Å². The predicted molar refractivity (Wildman–Crippen MR) is 166 cm³/mol. The molecule has 5 rings (SSSR count). The summed E-state index contributed by atoms with van der Waals surface area (Å²) in [5, 5.41) is 17.8. The Morgan fingerprint density at radius 2 is 1.56 bits per heavy atom. The van der Waals surface area contributed by atoms with Gasteiger partial charge < -0.3 is 15.2 Å². The highest BCUT2D eigenvalue weighted by Gasteiger charge is 2.39. The monoisotopic (exact) mass is 737 g/mol. The van der Waals surface area contributed by atoms with Crippen molar-refractivity contribution < 1.29 is 54.6 Å². The number of thiophene rings is 1. The topological polar surface area (TPSA) is 157 Å². The van der Waals surface area contributed by atoms with Gasteiger partial charge in [0.1, 0.15) is 9.22 Å². The minimum Gasteiger partial charge on any atom is -0.475 e. The third-order valence-corrected chi connectivity index (χ3v) is 10.1. The maximum Gasteiger partial charge on any atom is 0.490 e. The Labute approximate surface area is 276 Å². The van der Waals surface area contributed by atoms with Crippen LogP contribution in [-0.2, 0) is 32.7 Å². The van der Waals surface area contributed by atoms with Crippen LogP contribution < -0.4 is 4.31 Å². The van der Waals surface area contributed by atoms with Crippen LogP contribution in [0.3, 0.4) is 0 Å². The van der Waals surface area contributed by atoms with Gasteiger partial charge in [0.25, 0.3) is 10.0 Å². The summed E-state index contributed by atoms with van der Waals surface area (Å²) in [6, 6.07) is 15.1. The zero-order valence-corrected chi connectivity index (χ0v) is 27.1. The van der Waals surface area contributed by atoms with Crippen LogP contribution in [0.25, 0.3) is 21.6 Å². The van der Waals surface area contributed by atoms with Gasteiger partial charge in [0.2, 0.25) is 0 Å². The molecule has 20 heteroatoms. The molecule has 0 fully saturated rings. The zero-order chi connectivity index (χ0) is 35.9. The van der Waals surface area contributed by atoms with Crippen LogP contribution in [0.2, 0.25) is 0 Å². The van der Waals surface area contributed by atoms with Gasteiger partial charge in [-0.15, -0.1) is 22.7 Å². The Kier molecular flexibility index (Phi) is 12.3. The Balaban J connectivity index is 0.000000376. The lowest BCUT2D eigenvalue weighted by Crippen LogP contribution is -2.26. The number of aromatic amines is 1. The van der Waals surface area contributed by atoms with Crippen molar-refractivity contribution in [3.05, 3.63) is 82.9 Å². The van der Waals surface area contributed by atoms with Gasteiger partial charge in [-0.2, -0.15) is 26.3 Å². The Morgan fingerprint density at radius 1 is 0.917 bits per heavy atom. The van der Waals surface area contributed by atoms with Crippen LogP contribution in [0, 0.1) is 0 Å². The zero-order valence-electron chi connectivity index (χ0n) is 24.7. The number of para-hydroxylation sites is 1. The number of rotatable bonds is 8. The van der Waals surface area contributed by atoms with Gasteiger partial charge in [-0.05, 0) is 42.3 Å². The van der Waals surface area contributed by atoms with E-state index in [4.69, 9.17) is 19.8 Å². The fourth-order valence-corrected chi connectivity index (χ4v) is 7.16. The number of aliphatic carboxylic acids is 2. The van der Waals surface area contributed by atoms with E-state index in [1.54, 1.807) is 42.1 Å². The molecule has 4 aromatic heterocycles. The number of nitrogens with one attached hydrogen (secondary N) is 1. The Hall–Kier alpha value is -4.53. The smallest absolute Gasteiger partial charge is 0.475 e. The van der Waals surface area contributed by atoms with Crippen LogP contribution in [0.4, 0.5) is 32.0 Å². The summed E-state index contributed by atoms with van der Waals surface area (Å²) in [7, 11) is 0.0402. The van der Waals surface area contributed by atoms with Crippen LogP contribution >= 0.6 is 22.7 Å². The summed E-state index contributed by atoms with van der Waals surface area (Å²) in [6.07, 6.45) is -4.61. The molecule has 0 aliphatic rings. The maximum atomic E-state index is 13.1. The number of fused-ring (bicyclic) bond motifs is 1. The number of alkyl halides is 6. The highest BCUT2D eigenvalue weighted by molar-refractivity contribution is 7.94. The van der Waals surface area contributed by atoms with E-state index >= 15 is 0 Å². The van der Waals surface area contributed by atoms with Crippen LogP contribution in [0.1, 0.15) is 10.4 Å². The molecule has 258 valence electrons. The van der Waals surface area contributed by atoms with E-state index in [0.29, 0.717) is 9.90 Å². The molecule has 5 aromatic rings. The molecule has 48 heavy (non-hydrogen) atoms. The molecule has 0 bridgehead atoms. The molecule has 1 aromatic carbocycles. The van der Waals surface area contributed by atoms with Crippen molar-refractivity contribution in [1.82, 2.24) is 19.9 Å². The minimum absolute atomic E-state index is 0.318. The molecule has 0 saturated carbocycles. The van der Waals surface area contributed by atoms with Crippen LogP contribution in [0.15, 0.2) is 76.7 Å². The van der Waals surface area contributed by atoms with Crippen molar-refractivity contribution >= 4 is 61.2 Å². The molecule has 0 unspecified atom stereocenters. The van der Waals surface area contributed by atoms with Gasteiger partial charge >= 0.3 is 24.3 Å². The molecular weight excluding hydrogens is 713 g/mol. The first kappa shape index (κ1) is 37.9. The molecule has 0 radical (unpaired) electrons. The van der Waals surface area contributed by atoms with E-state index in [9.17, 15) is 34.8 Å². The first-order valence-corrected chi connectivity index (χ1v) is 16.2. The highest BCUT2D eigenvalue weighted by Crippen LogP contribution is 2.35. The fraction of sp³-hybridized carbons (Fsp3) is 0.214. The molecule has 4 heterocycles. The number of thiazole rings is 1. The summed E-state index contributed by atoms with van der Waals surface area (Å²) in [5.74, 6) is -5.51. The van der Waals surface area contributed by atoms with E-state index < -0.39 is 34.3 Å². The number of hydrogen-bond donors (Lipinski definition) is 3. The second-order valence-corrected chi connectivity index (χ2v) is 13.9. The van der Waals surface area contributed by atoms with E-state index in [1.807, 2.05) is 42.7 Å². The largest absolute Gasteiger partial charge is 0.490 e. The number of carboxylic acids is 2. The van der Waals surface area contributed by atoms with E-state index in [1.165, 1.54) is 21.2 Å². The molecule has 11 nitrogen and oxygen atoms in total. The summed E-state index contributed by atoms with van der Waals surface area (Å²) in [5.41, 5.74) is 3.41. The van der Waals surface area contributed by atoms with Crippen molar-refractivity contribution in [1.29, 1.82) is 0 Å². The van der Waals surface area contributed by atoms with Crippen LogP contribution in [-0.4, -0.2) is 76.9 Å². The number of pyridine rings is 1. The highest BCUT2D eigenvalue weighted by atomic mass is 32.2. The third-order valence-electron chi connectivity index (χ3n) is 5.95. The molecule has 0 atom stereocenters. The number of benzene rings is 1. The minimum atomic E-state index is -5.08. The van der Waals surface area contributed by atoms with E-state index in [0.717, 1.165) is 39.6 Å². The lowest BCUT2D eigenvalue weighted by atomic mass is 10.2. The van der Waals surface area contributed by atoms with Crippen molar-refractivity contribution in [2.45, 2.75) is 29.7 Å². The lowest BCUT2D eigenvalue weighted by Gasteiger charge is -2.19. The average Bonchev–Trinajstić information content (AvgIpc) is 3.78. The van der Waals surface area contributed by atoms with Crippen molar-refractivity contribution in [3.8, 4) is 10.7 Å². The summed E-state index contributed by atoms with van der Waals surface area (Å²) in [6.45, 7) is 1.59. The molecule has 0 spiro atoms. The first-order valence-electron chi connectivity index (χ1n) is 13.1. The molecule has 0 aliphatic heterocycles. The number of nitrogens with zero attached hydrogens (tertiary/aromatic N) is 4. The number of hydrogen-bond acceptors (Lipinski definition) is 9. The second-order valence-electron chi connectivity index (χ2n) is 9.60. The molecule has 0 amide bonds. The molecular formula is C28H25F6N5O6S3. The normalized spacial score (nSPS) is 11.8. The van der Waals surface area contributed by atoms with E-state index in [2.05, 4.69) is 33.0 Å². The standard InChI is InChI=1S/C24H23N5O2S3.2C2HF3O2/c1-28(15-17-6-4-10-25-13-17)16-19-14-26-24(33-19)20-12-18-7-3-8-21(23(18)27-20)29(2)34(30,31)22-9-5-11-32-22;2*3-2(4,5)1(6)7/h3-14,27H,15-16H2,1-2H3;2*(H,6,7). The number of H-pyrrole nitrogens is 1. The molecule has 0 aliphatic carbocycles. The Bertz CT molecular complexity index is 1900. The Morgan fingerprint density at radius 3 is 2.10 bits per heavy atom. The van der Waals surface area contributed by atoms with Gasteiger partial charge in [0, 0.05) is 49.0 Å². The predicted octanol–water partition coefficient (Wildman–Crippen LogP) is 6.47. The second kappa shape index (κ2) is 15.6. The number of sulfonamides is 1. The number of aromatic nitrogens is 3. The van der Waals surface area contributed by atoms with Gasteiger partial charge in [-0.1, -0.05) is 24.3 Å². The van der Waals surface area contributed by atoms with Crippen molar-refractivity contribution in [3.63, 3.8) is 0 Å². The van der Waals surface area contributed by atoms with Crippen LogP contribution in [0.5, 0.6) is 0 Å². The molecule has 3 N–H and O–H groups in total. The quantitative estimate of drug-likeness (QED) is 0.152. The maximum absolute atomic E-state index is 13.1. The number of anilines is 1. The fourth-order valence-electron chi connectivity index (χ4n) is 3.82. The van der Waals surface area contributed by atoms with E-state index in [-0.39, 0.29) is 0 Å². The van der Waals surface area contributed by atoms with Gasteiger partial charge in [0.05, 0.1) is 16.9 Å². The van der Waals surface area contributed by atoms with Crippen molar-refractivity contribution in [2.24, 2.45) is 0 Å².